The molecule has 2 atom stereocenters. The van der Waals surface area contributed by atoms with E-state index < -0.39 is 11.4 Å². The predicted molar refractivity (Wildman–Crippen MR) is 55.9 cm³/mol. The van der Waals surface area contributed by atoms with E-state index in [1.54, 1.807) is 0 Å². The lowest BCUT2D eigenvalue weighted by Crippen LogP contribution is -2.32. The van der Waals surface area contributed by atoms with E-state index in [9.17, 15) is 4.21 Å². The minimum atomic E-state index is -2.14. The minimum Gasteiger partial charge on any atom is -0.327 e. The Morgan fingerprint density at radius 3 is 2.64 bits per heavy atom. The van der Waals surface area contributed by atoms with Crippen molar-refractivity contribution in [3.63, 3.8) is 0 Å². The topological polar surface area (TPSA) is 72.5 Å². The van der Waals surface area contributed by atoms with Crippen LogP contribution in [0.25, 0.3) is 0 Å². The van der Waals surface area contributed by atoms with E-state index in [0.29, 0.717) is 12.3 Å². The lowest BCUT2D eigenvalue weighted by molar-refractivity contribution is 0.243. The molecular weight excluding hydrogens is 202 g/mol. The summed E-state index contributed by atoms with van der Waals surface area (Å²) in [6.45, 7) is 0.279. The van der Waals surface area contributed by atoms with Crippen LogP contribution in [0.1, 0.15) is 38.5 Å². The summed E-state index contributed by atoms with van der Waals surface area (Å²) in [5.41, 5.74) is 5.97. The lowest BCUT2D eigenvalue weighted by Gasteiger charge is -2.27. The molecule has 0 bridgehead atoms. The normalized spacial score (nSPS) is 23.3. The highest BCUT2D eigenvalue weighted by Gasteiger charge is 2.20. The molecule has 3 N–H and O–H groups in total. The molecule has 0 aliphatic heterocycles. The first-order valence-electron chi connectivity index (χ1n) is 5.20. The molecule has 1 rings (SSSR count). The zero-order valence-electron chi connectivity index (χ0n) is 8.35. The maximum Gasteiger partial charge on any atom is 0.301 e. The van der Waals surface area contributed by atoms with Crippen molar-refractivity contribution in [1.82, 2.24) is 0 Å². The SMILES string of the molecule is NC(CCOS(=O)O)C1CCCCC1. The fourth-order valence-corrected chi connectivity index (χ4v) is 2.29. The number of hydrogen-bond acceptors (Lipinski definition) is 3. The molecule has 4 nitrogen and oxygen atoms in total. The summed E-state index contributed by atoms with van der Waals surface area (Å²) in [4.78, 5) is 0. The molecule has 1 saturated carbocycles. The van der Waals surface area contributed by atoms with Gasteiger partial charge in [0.25, 0.3) is 0 Å². The van der Waals surface area contributed by atoms with Crippen LogP contribution in [0.3, 0.4) is 0 Å². The first-order valence-corrected chi connectivity index (χ1v) is 6.23. The number of nitrogens with two attached hydrogens (primary N) is 1. The average molecular weight is 221 g/mol. The van der Waals surface area contributed by atoms with Crippen LogP contribution in [-0.4, -0.2) is 21.4 Å². The van der Waals surface area contributed by atoms with Crippen LogP contribution in [-0.2, 0) is 15.5 Å². The van der Waals surface area contributed by atoms with Crippen molar-refractivity contribution in [3.05, 3.63) is 0 Å². The molecule has 14 heavy (non-hydrogen) atoms. The standard InChI is InChI=1S/C9H19NO3S/c10-9(6-7-13-14(11)12)8-4-2-1-3-5-8/h8-9H,1-7,10H2,(H,11,12). The highest BCUT2D eigenvalue weighted by atomic mass is 32.2. The van der Waals surface area contributed by atoms with Crippen molar-refractivity contribution >= 4 is 11.4 Å². The molecule has 0 saturated heterocycles. The Labute approximate surface area is 87.7 Å². The van der Waals surface area contributed by atoms with Gasteiger partial charge in [-0.2, -0.15) is 4.21 Å². The van der Waals surface area contributed by atoms with Gasteiger partial charge in [-0.3, -0.25) is 8.74 Å². The average Bonchev–Trinajstić information content (AvgIpc) is 2.18. The van der Waals surface area contributed by atoms with Crippen molar-refractivity contribution in [2.75, 3.05) is 6.61 Å². The molecule has 2 unspecified atom stereocenters. The van der Waals surface area contributed by atoms with Crippen molar-refractivity contribution in [3.8, 4) is 0 Å². The first kappa shape index (κ1) is 12.1. The summed E-state index contributed by atoms with van der Waals surface area (Å²) < 4.78 is 23.1. The Balaban J connectivity index is 2.13. The molecule has 1 aliphatic carbocycles. The fourth-order valence-electron chi connectivity index (χ4n) is 2.05. The zero-order valence-corrected chi connectivity index (χ0v) is 9.17. The highest BCUT2D eigenvalue weighted by Crippen LogP contribution is 2.26. The molecule has 0 radical (unpaired) electrons. The lowest BCUT2D eigenvalue weighted by atomic mass is 9.83. The molecule has 0 aromatic carbocycles. The van der Waals surface area contributed by atoms with E-state index in [1.807, 2.05) is 0 Å². The van der Waals surface area contributed by atoms with E-state index in [1.165, 1.54) is 32.1 Å². The van der Waals surface area contributed by atoms with Crippen molar-refractivity contribution in [1.29, 1.82) is 0 Å². The molecule has 0 heterocycles. The Bertz CT molecular complexity index is 183. The van der Waals surface area contributed by atoms with Crippen molar-refractivity contribution < 1.29 is 12.9 Å². The van der Waals surface area contributed by atoms with Crippen LogP contribution in [0.5, 0.6) is 0 Å². The van der Waals surface area contributed by atoms with Crippen molar-refractivity contribution in [2.24, 2.45) is 11.7 Å². The molecule has 1 aliphatic rings. The summed E-state index contributed by atoms with van der Waals surface area (Å²) in [5, 5.41) is 0. The second-order valence-corrected chi connectivity index (χ2v) is 4.56. The second-order valence-electron chi connectivity index (χ2n) is 3.89. The number of rotatable bonds is 5. The van der Waals surface area contributed by atoms with Crippen LogP contribution in [0.2, 0.25) is 0 Å². The largest absolute Gasteiger partial charge is 0.327 e. The quantitative estimate of drug-likeness (QED) is 0.689. The third kappa shape index (κ3) is 4.50. The molecule has 1 fully saturated rings. The summed E-state index contributed by atoms with van der Waals surface area (Å²) >= 11 is -2.14. The van der Waals surface area contributed by atoms with Crippen LogP contribution < -0.4 is 5.73 Å². The maximum absolute atomic E-state index is 10.2. The van der Waals surface area contributed by atoms with Gasteiger partial charge in [-0.1, -0.05) is 19.3 Å². The summed E-state index contributed by atoms with van der Waals surface area (Å²) in [7, 11) is 0. The van der Waals surface area contributed by atoms with Gasteiger partial charge in [0.2, 0.25) is 0 Å². The van der Waals surface area contributed by atoms with Gasteiger partial charge in [0.05, 0.1) is 6.61 Å². The van der Waals surface area contributed by atoms with Gasteiger partial charge in [-0.25, -0.2) is 0 Å². The van der Waals surface area contributed by atoms with Gasteiger partial charge in [0.1, 0.15) is 0 Å². The second kappa shape index (κ2) is 6.50. The molecule has 84 valence electrons. The summed E-state index contributed by atoms with van der Waals surface area (Å²) in [6, 6.07) is 0.124. The Kier molecular flexibility index (Phi) is 5.62. The molecule has 0 aromatic rings. The van der Waals surface area contributed by atoms with Crippen LogP contribution in [0.4, 0.5) is 0 Å². The summed E-state index contributed by atoms with van der Waals surface area (Å²) in [6.07, 6.45) is 6.93. The van der Waals surface area contributed by atoms with Crippen molar-refractivity contribution in [2.45, 2.75) is 44.6 Å². The maximum atomic E-state index is 10.2. The molecule has 5 heteroatoms. The first-order chi connectivity index (χ1) is 6.70. The minimum absolute atomic E-state index is 0.124. The van der Waals surface area contributed by atoms with Gasteiger partial charge in [0.15, 0.2) is 0 Å². The van der Waals surface area contributed by atoms with E-state index in [-0.39, 0.29) is 12.6 Å². The van der Waals surface area contributed by atoms with Gasteiger partial charge in [-0.05, 0) is 25.2 Å². The third-order valence-electron chi connectivity index (χ3n) is 2.89. The molecule has 0 amide bonds. The highest BCUT2D eigenvalue weighted by molar-refractivity contribution is 7.74. The van der Waals surface area contributed by atoms with E-state index >= 15 is 0 Å². The van der Waals surface area contributed by atoms with Gasteiger partial charge in [-0.15, -0.1) is 0 Å². The Morgan fingerprint density at radius 1 is 1.43 bits per heavy atom. The van der Waals surface area contributed by atoms with Gasteiger partial charge >= 0.3 is 11.4 Å². The predicted octanol–water partition coefficient (Wildman–Crippen LogP) is 1.44. The zero-order chi connectivity index (χ0) is 10.4. The van der Waals surface area contributed by atoms with Gasteiger partial charge < -0.3 is 5.73 Å². The smallest absolute Gasteiger partial charge is 0.301 e. The van der Waals surface area contributed by atoms with E-state index in [4.69, 9.17) is 10.3 Å². The monoisotopic (exact) mass is 221 g/mol. The summed E-state index contributed by atoms with van der Waals surface area (Å²) in [5.74, 6) is 0.583. The van der Waals surface area contributed by atoms with Crippen LogP contribution >= 0.6 is 0 Å². The Hall–Kier alpha value is 0.0300. The van der Waals surface area contributed by atoms with Gasteiger partial charge in [0, 0.05) is 6.04 Å². The third-order valence-corrected chi connectivity index (χ3v) is 3.26. The fraction of sp³-hybridized carbons (Fsp3) is 1.00. The van der Waals surface area contributed by atoms with Crippen LogP contribution in [0, 0.1) is 5.92 Å². The molecule has 0 spiro atoms. The molecular formula is C9H19NO3S. The van der Waals surface area contributed by atoms with E-state index in [2.05, 4.69) is 4.18 Å². The van der Waals surface area contributed by atoms with Crippen LogP contribution in [0.15, 0.2) is 0 Å². The molecule has 0 aromatic heterocycles. The Morgan fingerprint density at radius 2 is 2.07 bits per heavy atom. The van der Waals surface area contributed by atoms with E-state index in [0.717, 1.165) is 0 Å². The number of hydrogen-bond donors (Lipinski definition) is 2.